The highest BCUT2D eigenvalue weighted by Gasteiger charge is 2.22. The molecule has 0 N–H and O–H groups in total. The van der Waals surface area contributed by atoms with Crippen molar-refractivity contribution < 1.29 is 14.3 Å². The Kier molecular flexibility index (Phi) is 8.02. The van der Waals surface area contributed by atoms with Gasteiger partial charge in [-0.15, -0.1) is 0 Å². The smallest absolute Gasteiger partial charge is 0.320 e. The van der Waals surface area contributed by atoms with Crippen LogP contribution in [-0.4, -0.2) is 74.4 Å². The molecule has 0 aromatic carbocycles. The maximum Gasteiger partial charge on any atom is 0.320 e. The third-order valence-electron chi connectivity index (χ3n) is 3.33. The summed E-state index contributed by atoms with van der Waals surface area (Å²) in [7, 11) is 0. The normalized spacial score (nSPS) is 20.7. The second kappa shape index (κ2) is 9.28. The second-order valence-electron chi connectivity index (χ2n) is 4.93. The summed E-state index contributed by atoms with van der Waals surface area (Å²) >= 11 is 0. The predicted molar refractivity (Wildman–Crippen MR) is 75.2 cm³/mol. The van der Waals surface area contributed by atoms with Crippen molar-refractivity contribution in [1.82, 2.24) is 9.80 Å². The van der Waals surface area contributed by atoms with Crippen LogP contribution in [0.4, 0.5) is 0 Å². The van der Waals surface area contributed by atoms with Gasteiger partial charge in [-0.25, -0.2) is 0 Å². The molecular formula is C14H28N2O3. The molecule has 0 saturated carbocycles. The molecule has 1 saturated heterocycles. The fourth-order valence-electron chi connectivity index (χ4n) is 2.41. The summed E-state index contributed by atoms with van der Waals surface area (Å²) in [5, 5.41) is 0. The van der Waals surface area contributed by atoms with E-state index in [4.69, 9.17) is 9.47 Å². The lowest BCUT2D eigenvalue weighted by molar-refractivity contribution is -0.145. The zero-order valence-electron chi connectivity index (χ0n) is 12.6. The molecule has 1 fully saturated rings. The van der Waals surface area contributed by atoms with Crippen molar-refractivity contribution in [3.8, 4) is 0 Å². The fraction of sp³-hybridized carbons (Fsp3) is 0.929. The number of carbonyl (C=O) groups excluding carboxylic acids is 1. The number of hydrogen-bond acceptors (Lipinski definition) is 5. The van der Waals surface area contributed by atoms with Crippen LogP contribution in [0.25, 0.3) is 0 Å². The molecule has 0 amide bonds. The minimum absolute atomic E-state index is 0.140. The van der Waals surface area contributed by atoms with Crippen LogP contribution < -0.4 is 0 Å². The molecule has 19 heavy (non-hydrogen) atoms. The molecule has 1 heterocycles. The summed E-state index contributed by atoms with van der Waals surface area (Å²) in [6.07, 6.45) is 1.23. The van der Waals surface area contributed by atoms with Gasteiger partial charge in [-0.1, -0.05) is 13.8 Å². The van der Waals surface area contributed by atoms with Crippen LogP contribution in [0.3, 0.4) is 0 Å². The first-order valence-corrected chi connectivity index (χ1v) is 7.41. The summed E-state index contributed by atoms with van der Waals surface area (Å²) in [6, 6.07) is 0. The van der Waals surface area contributed by atoms with E-state index in [0.29, 0.717) is 13.2 Å². The Labute approximate surface area is 116 Å². The van der Waals surface area contributed by atoms with E-state index in [9.17, 15) is 4.79 Å². The lowest BCUT2D eigenvalue weighted by Gasteiger charge is -2.34. The third kappa shape index (κ3) is 6.36. The van der Waals surface area contributed by atoms with Gasteiger partial charge in [0.2, 0.25) is 0 Å². The number of ether oxygens (including phenoxy) is 2. The second-order valence-corrected chi connectivity index (χ2v) is 4.93. The van der Waals surface area contributed by atoms with Gasteiger partial charge >= 0.3 is 5.97 Å². The van der Waals surface area contributed by atoms with Gasteiger partial charge in [0.1, 0.15) is 0 Å². The monoisotopic (exact) mass is 272 g/mol. The molecule has 0 aromatic heterocycles. The Bertz CT molecular complexity index is 261. The van der Waals surface area contributed by atoms with Gasteiger partial charge in [-0.3, -0.25) is 14.6 Å². The predicted octanol–water partition coefficient (Wildman–Crippen LogP) is 0.982. The SMILES string of the molecule is CCCN(CC(=O)OCC)CC1CN(CC)CCO1. The van der Waals surface area contributed by atoms with Gasteiger partial charge in [-0.05, 0) is 26.4 Å². The van der Waals surface area contributed by atoms with Crippen molar-refractivity contribution in [3.63, 3.8) is 0 Å². The molecule has 1 rings (SSSR count). The van der Waals surface area contributed by atoms with Gasteiger partial charge in [0.15, 0.2) is 0 Å². The Balaban J connectivity index is 2.40. The van der Waals surface area contributed by atoms with E-state index in [1.165, 1.54) is 0 Å². The van der Waals surface area contributed by atoms with Gasteiger partial charge in [0, 0.05) is 19.6 Å². The number of esters is 1. The quantitative estimate of drug-likeness (QED) is 0.616. The lowest BCUT2D eigenvalue weighted by atomic mass is 10.2. The highest BCUT2D eigenvalue weighted by molar-refractivity contribution is 5.71. The summed E-state index contributed by atoms with van der Waals surface area (Å²) < 4.78 is 10.8. The number of likely N-dealkylation sites (N-methyl/N-ethyl adjacent to an activating group) is 1. The largest absolute Gasteiger partial charge is 0.465 e. The van der Waals surface area contributed by atoms with E-state index < -0.39 is 0 Å². The van der Waals surface area contributed by atoms with E-state index in [1.807, 2.05) is 6.92 Å². The van der Waals surface area contributed by atoms with Crippen molar-refractivity contribution >= 4 is 5.97 Å². The number of nitrogens with zero attached hydrogens (tertiary/aromatic N) is 2. The van der Waals surface area contributed by atoms with E-state index in [1.54, 1.807) is 0 Å². The molecule has 0 radical (unpaired) electrons. The Morgan fingerprint density at radius 2 is 2.21 bits per heavy atom. The maximum absolute atomic E-state index is 11.6. The molecule has 1 atom stereocenters. The van der Waals surface area contributed by atoms with Crippen molar-refractivity contribution in [3.05, 3.63) is 0 Å². The van der Waals surface area contributed by atoms with Gasteiger partial charge < -0.3 is 9.47 Å². The third-order valence-corrected chi connectivity index (χ3v) is 3.33. The highest BCUT2D eigenvalue weighted by atomic mass is 16.5. The molecular weight excluding hydrogens is 244 g/mol. The van der Waals surface area contributed by atoms with Crippen LogP contribution in [0, 0.1) is 0 Å². The zero-order valence-corrected chi connectivity index (χ0v) is 12.6. The molecule has 0 aliphatic carbocycles. The van der Waals surface area contributed by atoms with Crippen LogP contribution >= 0.6 is 0 Å². The molecule has 0 aromatic rings. The zero-order chi connectivity index (χ0) is 14.1. The van der Waals surface area contributed by atoms with Gasteiger partial charge in [-0.2, -0.15) is 0 Å². The molecule has 0 spiro atoms. The molecule has 1 aliphatic rings. The number of morpholine rings is 1. The highest BCUT2D eigenvalue weighted by Crippen LogP contribution is 2.07. The molecule has 112 valence electrons. The van der Waals surface area contributed by atoms with Crippen LogP contribution in [-0.2, 0) is 14.3 Å². The minimum atomic E-state index is -0.140. The van der Waals surface area contributed by atoms with Crippen LogP contribution in [0.2, 0.25) is 0 Å². The van der Waals surface area contributed by atoms with E-state index >= 15 is 0 Å². The topological polar surface area (TPSA) is 42.0 Å². The van der Waals surface area contributed by atoms with E-state index in [2.05, 4.69) is 23.6 Å². The lowest BCUT2D eigenvalue weighted by Crippen LogP contribution is -2.48. The number of carbonyl (C=O) groups is 1. The molecule has 1 aliphatic heterocycles. The van der Waals surface area contributed by atoms with Crippen LogP contribution in [0.15, 0.2) is 0 Å². The average Bonchev–Trinajstić information content (AvgIpc) is 2.39. The fourth-order valence-corrected chi connectivity index (χ4v) is 2.41. The summed E-state index contributed by atoms with van der Waals surface area (Å²) in [5.41, 5.74) is 0. The van der Waals surface area contributed by atoms with Crippen molar-refractivity contribution in [2.24, 2.45) is 0 Å². The van der Waals surface area contributed by atoms with Crippen molar-refractivity contribution in [2.45, 2.75) is 33.3 Å². The standard InChI is InChI=1S/C14H28N2O3/c1-4-7-16(12-14(17)18-6-3)11-13-10-15(5-2)8-9-19-13/h13H,4-12H2,1-3H3. The first kappa shape index (κ1) is 16.4. The Hall–Kier alpha value is -0.650. The first-order valence-electron chi connectivity index (χ1n) is 7.41. The van der Waals surface area contributed by atoms with Crippen LogP contribution in [0.1, 0.15) is 27.2 Å². The average molecular weight is 272 g/mol. The first-order chi connectivity index (χ1) is 9.19. The number of rotatable bonds is 8. The molecule has 0 bridgehead atoms. The summed E-state index contributed by atoms with van der Waals surface area (Å²) in [6.45, 7) is 12.5. The van der Waals surface area contributed by atoms with Crippen molar-refractivity contribution in [2.75, 3.05) is 52.5 Å². The maximum atomic E-state index is 11.6. The Morgan fingerprint density at radius 3 is 2.84 bits per heavy atom. The van der Waals surface area contributed by atoms with Gasteiger partial charge in [0.25, 0.3) is 0 Å². The Morgan fingerprint density at radius 1 is 1.42 bits per heavy atom. The van der Waals surface area contributed by atoms with Gasteiger partial charge in [0.05, 0.1) is 25.9 Å². The summed E-state index contributed by atoms with van der Waals surface area (Å²) in [5.74, 6) is -0.140. The van der Waals surface area contributed by atoms with Crippen LogP contribution in [0.5, 0.6) is 0 Å². The van der Waals surface area contributed by atoms with E-state index in [-0.39, 0.29) is 12.1 Å². The van der Waals surface area contributed by atoms with Crippen molar-refractivity contribution in [1.29, 1.82) is 0 Å². The number of hydrogen-bond donors (Lipinski definition) is 0. The summed E-state index contributed by atoms with van der Waals surface area (Å²) in [4.78, 5) is 16.1. The molecule has 1 unspecified atom stereocenters. The van der Waals surface area contributed by atoms with E-state index in [0.717, 1.165) is 45.8 Å². The molecule has 5 nitrogen and oxygen atoms in total. The molecule has 5 heteroatoms. The minimum Gasteiger partial charge on any atom is -0.465 e.